The van der Waals surface area contributed by atoms with Crippen LogP contribution in [-0.4, -0.2) is 29.9 Å². The highest BCUT2D eigenvalue weighted by Crippen LogP contribution is 2.49. The molecule has 0 fully saturated rings. The molecule has 0 spiro atoms. The maximum absolute atomic E-state index is 4.30. The lowest BCUT2D eigenvalue weighted by molar-refractivity contribution is 0.745. The standard InChI is InChI=1S/C86H60N6/c1-2-62(64-7-23-78(24-8-64)86(82-31-15-68(16-32-82)74-43-55-90-56-44-74,83-33-17-69(18-34-83)75-45-57-91-58-46-75)84-35-19-70(20-36-84)76-47-59-92-60-48-76)4-3-61(1)63-5-21-77(22-6-63)85(79-25-9-65(10-26-79)71-37-49-87-50-38-71,80-27-11-66(12-28-80)72-39-51-88-52-40-72)81-29-13-67(14-30-81)73-41-53-89-54-42-73/h1-60H. The molecule has 434 valence electrons. The van der Waals surface area contributed by atoms with Crippen LogP contribution in [0.4, 0.5) is 0 Å². The first-order valence-corrected chi connectivity index (χ1v) is 31.0. The lowest BCUT2D eigenvalue weighted by atomic mass is 9.64. The van der Waals surface area contributed by atoms with Crippen molar-refractivity contribution in [3.63, 3.8) is 0 Å². The Bertz CT molecular complexity index is 4170. The molecular weight excluding hydrogens is 1120 g/mol. The average Bonchev–Trinajstić information content (AvgIpc) is 0.765. The molecular formula is C86H60N6. The maximum atomic E-state index is 4.30. The Morgan fingerprint density at radius 3 is 0.304 bits per heavy atom. The first-order valence-electron chi connectivity index (χ1n) is 31.0. The highest BCUT2D eigenvalue weighted by atomic mass is 14.6. The summed E-state index contributed by atoms with van der Waals surface area (Å²) in [6, 6.07) is 107. The number of pyridine rings is 6. The summed E-state index contributed by atoms with van der Waals surface area (Å²) in [7, 11) is 0. The summed E-state index contributed by atoms with van der Waals surface area (Å²) in [5.41, 5.74) is 25.8. The topological polar surface area (TPSA) is 77.3 Å². The van der Waals surface area contributed by atoms with E-state index in [1.807, 2.05) is 74.4 Å². The molecule has 0 aliphatic heterocycles. The SMILES string of the molecule is c1cc(-c2ccc(C(c3ccc(-c4ccncc4)cc3)(c3ccc(-c4ccncc4)cc3)c3ccc(-c4ccc(-c5ccc(C(c6ccc(-c7ccncc7)cc6)(c6ccc(-c7ccncc7)cc6)c6ccc(-c7ccncc7)cc6)cc5)cc4)cc3)cc2)ccn1. The van der Waals surface area contributed by atoms with Crippen molar-refractivity contribution in [2.45, 2.75) is 10.8 Å². The van der Waals surface area contributed by atoms with Crippen molar-refractivity contribution in [1.29, 1.82) is 0 Å². The number of nitrogens with zero attached hydrogens (tertiary/aromatic N) is 6. The zero-order chi connectivity index (χ0) is 61.5. The van der Waals surface area contributed by atoms with E-state index in [2.05, 4.69) is 321 Å². The van der Waals surface area contributed by atoms with E-state index < -0.39 is 10.8 Å². The van der Waals surface area contributed by atoms with Crippen LogP contribution in [0.2, 0.25) is 0 Å². The Hall–Kier alpha value is -12.1. The average molecular weight is 1180 g/mol. The number of hydrogen-bond donors (Lipinski definition) is 0. The quantitative estimate of drug-likeness (QED) is 0.0897. The Morgan fingerprint density at radius 1 is 0.109 bits per heavy atom. The molecule has 9 aromatic carbocycles. The smallest absolute Gasteiger partial charge is 0.0701 e. The number of aromatic nitrogens is 6. The highest BCUT2D eigenvalue weighted by Gasteiger charge is 2.40. The van der Waals surface area contributed by atoms with Gasteiger partial charge in [0.1, 0.15) is 0 Å². The minimum Gasteiger partial charge on any atom is -0.265 e. The Morgan fingerprint density at radius 2 is 0.196 bits per heavy atom. The predicted octanol–water partition coefficient (Wildman–Crippen LogP) is 20.2. The second-order valence-corrected chi connectivity index (χ2v) is 23.1. The summed E-state index contributed by atoms with van der Waals surface area (Å²) in [5, 5.41) is 0. The van der Waals surface area contributed by atoms with Crippen molar-refractivity contribution in [2.75, 3.05) is 0 Å². The van der Waals surface area contributed by atoms with E-state index in [1.165, 1.54) is 0 Å². The van der Waals surface area contributed by atoms with Gasteiger partial charge in [0.25, 0.3) is 0 Å². The van der Waals surface area contributed by atoms with Crippen molar-refractivity contribution in [2.24, 2.45) is 0 Å². The van der Waals surface area contributed by atoms with Crippen LogP contribution in [-0.2, 0) is 10.8 Å². The van der Waals surface area contributed by atoms with Crippen molar-refractivity contribution >= 4 is 0 Å². The van der Waals surface area contributed by atoms with Gasteiger partial charge in [-0.3, -0.25) is 29.9 Å². The van der Waals surface area contributed by atoms with Gasteiger partial charge in [-0.1, -0.05) is 218 Å². The number of hydrogen-bond acceptors (Lipinski definition) is 6. The molecule has 6 heterocycles. The van der Waals surface area contributed by atoms with Crippen LogP contribution < -0.4 is 0 Å². The summed E-state index contributed by atoms with van der Waals surface area (Å²) < 4.78 is 0. The fourth-order valence-corrected chi connectivity index (χ4v) is 13.4. The summed E-state index contributed by atoms with van der Waals surface area (Å²) in [6.45, 7) is 0. The van der Waals surface area contributed by atoms with Crippen molar-refractivity contribution in [3.8, 4) is 89.0 Å². The van der Waals surface area contributed by atoms with E-state index in [1.54, 1.807) is 0 Å². The highest BCUT2D eigenvalue weighted by molar-refractivity contribution is 5.77. The van der Waals surface area contributed by atoms with Gasteiger partial charge < -0.3 is 0 Å². The van der Waals surface area contributed by atoms with Gasteiger partial charge in [0.15, 0.2) is 0 Å². The van der Waals surface area contributed by atoms with Crippen LogP contribution in [0.15, 0.2) is 366 Å². The van der Waals surface area contributed by atoms with Gasteiger partial charge in [0.05, 0.1) is 10.8 Å². The normalized spacial score (nSPS) is 11.5. The van der Waals surface area contributed by atoms with Gasteiger partial charge >= 0.3 is 0 Å². The molecule has 15 rings (SSSR count). The van der Waals surface area contributed by atoms with Crippen LogP contribution in [0.1, 0.15) is 44.5 Å². The maximum Gasteiger partial charge on any atom is 0.0701 e. The number of rotatable bonds is 16. The van der Waals surface area contributed by atoms with Crippen molar-refractivity contribution in [1.82, 2.24) is 29.9 Å². The van der Waals surface area contributed by atoms with E-state index in [-0.39, 0.29) is 0 Å². The Balaban J connectivity index is 0.808. The van der Waals surface area contributed by atoms with E-state index in [0.29, 0.717) is 0 Å². The van der Waals surface area contributed by atoms with Gasteiger partial charge in [0, 0.05) is 74.4 Å². The summed E-state index contributed by atoms with van der Waals surface area (Å²) in [5.74, 6) is 0. The monoisotopic (exact) mass is 1180 g/mol. The first-order chi connectivity index (χ1) is 45.6. The van der Waals surface area contributed by atoms with Crippen LogP contribution in [0.3, 0.4) is 0 Å². The molecule has 0 unspecified atom stereocenters. The van der Waals surface area contributed by atoms with E-state index >= 15 is 0 Å². The zero-order valence-electron chi connectivity index (χ0n) is 50.3. The molecule has 0 bridgehead atoms. The van der Waals surface area contributed by atoms with Gasteiger partial charge in [-0.05, 0) is 206 Å². The molecule has 0 saturated heterocycles. The lowest BCUT2D eigenvalue weighted by Crippen LogP contribution is -2.31. The second-order valence-electron chi connectivity index (χ2n) is 23.1. The molecule has 92 heavy (non-hydrogen) atoms. The molecule has 0 N–H and O–H groups in total. The summed E-state index contributed by atoms with van der Waals surface area (Å²) >= 11 is 0. The van der Waals surface area contributed by atoms with Crippen LogP contribution in [0, 0.1) is 0 Å². The van der Waals surface area contributed by atoms with E-state index in [0.717, 1.165) is 134 Å². The molecule has 0 atom stereocenters. The van der Waals surface area contributed by atoms with Gasteiger partial charge in [-0.2, -0.15) is 0 Å². The lowest BCUT2D eigenvalue weighted by Gasteiger charge is -2.37. The first kappa shape index (κ1) is 56.4. The molecule has 6 nitrogen and oxygen atoms in total. The van der Waals surface area contributed by atoms with E-state index in [9.17, 15) is 0 Å². The largest absolute Gasteiger partial charge is 0.265 e. The van der Waals surface area contributed by atoms with Crippen LogP contribution in [0.25, 0.3) is 89.0 Å². The molecule has 15 aromatic rings. The third-order valence-corrected chi connectivity index (χ3v) is 18.2. The van der Waals surface area contributed by atoms with Gasteiger partial charge in [-0.15, -0.1) is 0 Å². The van der Waals surface area contributed by atoms with Crippen LogP contribution in [0.5, 0.6) is 0 Å². The predicted molar refractivity (Wildman–Crippen MR) is 373 cm³/mol. The fraction of sp³-hybridized carbons (Fsp3) is 0.0233. The minimum absolute atomic E-state index is 0.715. The number of benzene rings is 9. The summed E-state index contributed by atoms with van der Waals surface area (Å²) in [4.78, 5) is 25.8. The summed E-state index contributed by atoms with van der Waals surface area (Å²) in [6.07, 6.45) is 22.2. The third-order valence-electron chi connectivity index (χ3n) is 18.2. The van der Waals surface area contributed by atoms with Crippen molar-refractivity contribution in [3.05, 3.63) is 410 Å². The van der Waals surface area contributed by atoms with Crippen molar-refractivity contribution < 1.29 is 0 Å². The second kappa shape index (κ2) is 25.2. The molecule has 0 aliphatic carbocycles. The molecule has 0 amide bonds. The molecule has 6 aromatic heterocycles. The van der Waals surface area contributed by atoms with E-state index in [4.69, 9.17) is 0 Å². The minimum atomic E-state index is -0.715. The van der Waals surface area contributed by atoms with Gasteiger partial charge in [-0.25, -0.2) is 0 Å². The third kappa shape index (κ3) is 10.9. The molecule has 0 radical (unpaired) electrons. The Kier molecular flexibility index (Phi) is 15.4. The molecule has 6 heteroatoms. The fourth-order valence-electron chi connectivity index (χ4n) is 13.4. The zero-order valence-corrected chi connectivity index (χ0v) is 50.3. The molecule has 0 aliphatic rings. The Labute approximate surface area is 536 Å². The molecule has 0 saturated carbocycles. The van der Waals surface area contributed by atoms with Crippen LogP contribution >= 0.6 is 0 Å². The van der Waals surface area contributed by atoms with Gasteiger partial charge in [0.2, 0.25) is 0 Å².